The maximum atomic E-state index is 11.1. The normalized spacial score (nSPS) is 12.1. The van der Waals surface area contributed by atoms with E-state index in [0.717, 1.165) is 23.8 Å². The average molecular weight is 1190 g/mol. The molecule has 28 heteroatoms. The van der Waals surface area contributed by atoms with Crippen LogP contribution in [-0.4, -0.2) is 85.6 Å². The van der Waals surface area contributed by atoms with Gasteiger partial charge in [-0.1, -0.05) is 158 Å². The van der Waals surface area contributed by atoms with Gasteiger partial charge in [0.1, 0.15) is 0 Å². The Hall–Kier alpha value is -0.300. The lowest BCUT2D eigenvalue weighted by atomic mass is 10.0. The first-order chi connectivity index (χ1) is 29.5. The largest absolute Gasteiger partial charge is 0.404 e. The lowest BCUT2D eigenvalue weighted by Gasteiger charge is -2.02. The molecule has 0 bridgehead atoms. The standard InChI is InChI=1S/C16H33ClO2S.C8H7ClO2S.C7H7ClO2S.C2H4Cl2O2S.C2H2ClF3O2S.C2H5ClO2S/c1-2-3-4-5-6-7-8-9-10-11-12-13-14-15-16-20(17,18)19;9-12(10,11)7-6-8-4-2-1-3-5-8;8-11(9,10)6-7-4-2-1-3-5-7;3-1-2-7(4,5)6;3-9(7,8)1-2(4,5)6;1-2-6(3,4)5/h2-16H2,1H3;1-7H;1-5H,6H2;1-2H2;1H2;2H2,1H3/b;7-6+;;;;. The van der Waals surface area contributed by atoms with Gasteiger partial charge in [-0.25, -0.2) is 50.5 Å². The van der Waals surface area contributed by atoms with E-state index in [1.54, 1.807) is 36.4 Å². The Morgan fingerprint density at radius 1 is 0.477 bits per heavy atom. The molecular formula is C37H58Cl7F3O12S6. The molecule has 0 radical (unpaired) electrons. The van der Waals surface area contributed by atoms with E-state index < -0.39 is 66.2 Å². The molecule has 0 aromatic heterocycles. The van der Waals surface area contributed by atoms with Crippen LogP contribution in [0.2, 0.25) is 0 Å². The van der Waals surface area contributed by atoms with Crippen molar-refractivity contribution < 1.29 is 63.7 Å². The van der Waals surface area contributed by atoms with Crippen molar-refractivity contribution in [2.45, 2.75) is 116 Å². The van der Waals surface area contributed by atoms with Crippen molar-refractivity contribution in [3.8, 4) is 0 Å². The first kappa shape index (κ1) is 71.3. The maximum absolute atomic E-state index is 11.1. The Bertz CT molecular complexity index is 2210. The molecule has 2 rings (SSSR count). The zero-order chi connectivity index (χ0) is 51.3. The molecule has 0 saturated carbocycles. The molecular weight excluding hydrogens is 1130 g/mol. The van der Waals surface area contributed by atoms with E-state index in [1.807, 2.05) is 24.3 Å². The summed E-state index contributed by atoms with van der Waals surface area (Å²) in [5.41, 5.74) is 1.52. The molecule has 2 aromatic rings. The number of hydrogen-bond donors (Lipinski definition) is 0. The smallest absolute Gasteiger partial charge is 0.212 e. The lowest BCUT2D eigenvalue weighted by Crippen LogP contribution is -2.18. The quantitative estimate of drug-likeness (QED) is 0.0579. The van der Waals surface area contributed by atoms with Gasteiger partial charge in [-0.15, -0.1) is 11.6 Å². The van der Waals surface area contributed by atoms with E-state index in [1.165, 1.54) is 83.6 Å². The zero-order valence-electron chi connectivity index (χ0n) is 35.7. The zero-order valence-corrected chi connectivity index (χ0v) is 45.9. The van der Waals surface area contributed by atoms with Crippen LogP contribution in [0, 0.1) is 0 Å². The number of benzene rings is 2. The van der Waals surface area contributed by atoms with Crippen molar-refractivity contribution in [2.75, 3.05) is 28.9 Å². The van der Waals surface area contributed by atoms with Gasteiger partial charge >= 0.3 is 6.18 Å². The molecule has 0 N–H and O–H groups in total. The van der Waals surface area contributed by atoms with Gasteiger partial charge in [-0.3, -0.25) is 0 Å². The lowest BCUT2D eigenvalue weighted by molar-refractivity contribution is -0.106. The Kier molecular flexibility index (Phi) is 43.2. The number of rotatable bonds is 23. The van der Waals surface area contributed by atoms with Gasteiger partial charge in [0.2, 0.25) is 45.3 Å². The highest BCUT2D eigenvalue weighted by Gasteiger charge is 2.33. The molecule has 0 amide bonds. The summed E-state index contributed by atoms with van der Waals surface area (Å²) >= 11 is 5.02. The molecule has 0 aliphatic rings. The summed E-state index contributed by atoms with van der Waals surface area (Å²) in [5, 5.41) is 0.962. The molecule has 0 atom stereocenters. The number of hydrogen-bond acceptors (Lipinski definition) is 12. The van der Waals surface area contributed by atoms with Crippen LogP contribution in [0.5, 0.6) is 0 Å². The van der Waals surface area contributed by atoms with Gasteiger partial charge < -0.3 is 0 Å². The van der Waals surface area contributed by atoms with Crippen LogP contribution in [0.4, 0.5) is 13.2 Å². The van der Waals surface area contributed by atoms with Crippen LogP contribution in [0.1, 0.15) is 115 Å². The summed E-state index contributed by atoms with van der Waals surface area (Å²) in [6.07, 6.45) is 14.5. The second kappa shape index (κ2) is 39.4. The van der Waals surface area contributed by atoms with E-state index in [-0.39, 0.29) is 28.9 Å². The minimum Gasteiger partial charge on any atom is -0.212 e. The molecule has 384 valence electrons. The Morgan fingerprint density at radius 2 is 0.831 bits per heavy atom. The first-order valence-electron chi connectivity index (χ1n) is 19.5. The SMILES string of the molecule is CCCCCCCCCCCCCCCCS(=O)(=O)Cl.CCS(=O)(=O)Cl.O=S(=O)(Cl)/C=C/c1ccccc1.O=S(=O)(Cl)CC(F)(F)F.O=S(=O)(Cl)CCCl.O=S(=O)(Cl)Cc1ccccc1. The Labute approximate surface area is 417 Å². The molecule has 0 aliphatic heterocycles. The highest BCUT2D eigenvalue weighted by Crippen LogP contribution is 2.19. The van der Waals surface area contributed by atoms with Gasteiger partial charge in [0, 0.05) is 75.4 Å². The van der Waals surface area contributed by atoms with Crippen molar-refractivity contribution in [1.29, 1.82) is 0 Å². The number of halogens is 10. The third kappa shape index (κ3) is 75.4. The summed E-state index contributed by atoms with van der Waals surface area (Å²) in [6, 6.07) is 17.9. The van der Waals surface area contributed by atoms with Gasteiger partial charge in [-0.05, 0) is 23.6 Å². The number of unbranched alkanes of at least 4 members (excludes halogenated alkanes) is 13. The predicted molar refractivity (Wildman–Crippen MR) is 266 cm³/mol. The molecule has 0 heterocycles. The predicted octanol–water partition coefficient (Wildman–Crippen LogP) is 12.5. The van der Waals surface area contributed by atoms with E-state index in [4.69, 9.17) is 54.3 Å². The first-order valence-corrected chi connectivity index (χ1v) is 34.8. The Morgan fingerprint density at radius 3 is 1.08 bits per heavy atom. The third-order valence-corrected chi connectivity index (χ3v) is 14.1. The second-order valence-electron chi connectivity index (χ2n) is 13.3. The van der Waals surface area contributed by atoms with Gasteiger partial charge in [0.05, 0.1) is 23.0 Å². The van der Waals surface area contributed by atoms with E-state index >= 15 is 0 Å². The summed E-state index contributed by atoms with van der Waals surface area (Å²) < 4.78 is 156. The molecule has 12 nitrogen and oxygen atoms in total. The summed E-state index contributed by atoms with van der Waals surface area (Å²) in [5.74, 6) is -2.03. The van der Waals surface area contributed by atoms with Crippen LogP contribution in [0.15, 0.2) is 66.1 Å². The van der Waals surface area contributed by atoms with Crippen molar-refractivity contribution in [3.63, 3.8) is 0 Å². The van der Waals surface area contributed by atoms with Crippen molar-refractivity contribution >= 4 is 136 Å². The van der Waals surface area contributed by atoms with Gasteiger partial charge in [0.15, 0.2) is 5.75 Å². The summed E-state index contributed by atoms with van der Waals surface area (Å²) in [4.78, 5) is 0. The van der Waals surface area contributed by atoms with Crippen molar-refractivity contribution in [1.82, 2.24) is 0 Å². The van der Waals surface area contributed by atoms with Crippen LogP contribution in [-0.2, 0) is 60.1 Å². The molecule has 0 unspecified atom stereocenters. The van der Waals surface area contributed by atoms with Crippen molar-refractivity contribution in [3.05, 3.63) is 77.2 Å². The highest BCUT2D eigenvalue weighted by molar-refractivity contribution is 8.16. The molecule has 0 saturated heterocycles. The summed E-state index contributed by atoms with van der Waals surface area (Å²) in [7, 11) is 7.68. The fraction of sp³-hybridized carbons (Fsp3) is 0.622. The fourth-order valence-electron chi connectivity index (χ4n) is 4.25. The van der Waals surface area contributed by atoms with Crippen molar-refractivity contribution in [2.24, 2.45) is 0 Å². The average Bonchev–Trinajstić information content (AvgIpc) is 3.13. The number of alkyl halides is 4. The van der Waals surface area contributed by atoms with Gasteiger partial charge in [0.25, 0.3) is 9.05 Å². The van der Waals surface area contributed by atoms with E-state index in [9.17, 15) is 63.7 Å². The Balaban J connectivity index is -0.000000361. The second-order valence-corrected chi connectivity index (χ2v) is 30.6. The molecule has 65 heavy (non-hydrogen) atoms. The van der Waals surface area contributed by atoms with Crippen LogP contribution >= 0.6 is 75.7 Å². The minimum atomic E-state index is -4.74. The molecule has 2 aromatic carbocycles. The topological polar surface area (TPSA) is 205 Å². The fourth-order valence-corrected chi connectivity index (χ4v) is 8.60. The third-order valence-electron chi connectivity index (χ3n) is 7.15. The summed E-state index contributed by atoms with van der Waals surface area (Å²) in [6.45, 7) is 3.75. The molecule has 0 aliphatic carbocycles. The van der Waals surface area contributed by atoms with Gasteiger partial charge in [-0.2, -0.15) is 13.2 Å². The molecule has 0 spiro atoms. The minimum absolute atomic E-state index is 0.00849. The van der Waals surface area contributed by atoms with Crippen LogP contribution < -0.4 is 0 Å². The molecule has 0 fully saturated rings. The van der Waals surface area contributed by atoms with E-state index in [2.05, 4.69) is 28.3 Å². The van der Waals surface area contributed by atoms with Crippen LogP contribution in [0.3, 0.4) is 0 Å². The van der Waals surface area contributed by atoms with E-state index in [0.29, 0.717) is 12.0 Å². The highest BCUT2D eigenvalue weighted by atomic mass is 35.7. The van der Waals surface area contributed by atoms with Crippen LogP contribution in [0.25, 0.3) is 6.08 Å². The monoisotopic (exact) mass is 1190 g/mol. The maximum Gasteiger partial charge on any atom is 0.404 e.